The van der Waals surface area contributed by atoms with Gasteiger partial charge in [-0.1, -0.05) is 25.7 Å². The predicted octanol–water partition coefficient (Wildman–Crippen LogP) is 1.40. The van der Waals surface area contributed by atoms with Crippen LogP contribution in [0.5, 0.6) is 0 Å². The molecule has 1 aliphatic heterocycles. The lowest BCUT2D eigenvalue weighted by Crippen LogP contribution is -2.50. The van der Waals surface area contributed by atoms with Crippen molar-refractivity contribution in [1.82, 2.24) is 9.80 Å². The summed E-state index contributed by atoms with van der Waals surface area (Å²) in [6.07, 6.45) is 6.35. The number of carbonyl (C=O) groups excluding carboxylic acids is 2. The van der Waals surface area contributed by atoms with Crippen molar-refractivity contribution in [2.75, 3.05) is 27.2 Å². The van der Waals surface area contributed by atoms with Crippen molar-refractivity contribution in [3.8, 4) is 0 Å². The maximum absolute atomic E-state index is 12.8. The Bertz CT molecular complexity index is 410. The molecular weight excluding hydrogens is 268 g/mol. The van der Waals surface area contributed by atoms with Crippen LogP contribution in [0.25, 0.3) is 0 Å². The zero-order valence-electron chi connectivity index (χ0n) is 13.5. The first-order valence-electron chi connectivity index (χ1n) is 7.98. The number of β-amino-alcohol motifs (C(OH)–C–C–N with tert-alkyl or cyclic N) is 1. The van der Waals surface area contributed by atoms with Gasteiger partial charge in [0.05, 0.1) is 17.6 Å². The molecule has 1 heterocycles. The van der Waals surface area contributed by atoms with E-state index in [1.54, 1.807) is 6.92 Å². The molecule has 0 bridgehead atoms. The fourth-order valence-corrected chi connectivity index (χ4v) is 3.89. The van der Waals surface area contributed by atoms with E-state index in [1.807, 2.05) is 19.0 Å². The molecule has 1 spiro atoms. The summed E-state index contributed by atoms with van der Waals surface area (Å²) < 4.78 is 0. The average Bonchev–Trinajstić information content (AvgIpc) is 2.56. The molecule has 21 heavy (non-hydrogen) atoms. The Morgan fingerprint density at radius 3 is 2.29 bits per heavy atom. The van der Waals surface area contributed by atoms with Gasteiger partial charge in [0.15, 0.2) is 0 Å². The van der Waals surface area contributed by atoms with Crippen LogP contribution in [0.1, 0.15) is 51.9 Å². The Morgan fingerprint density at radius 1 is 1.19 bits per heavy atom. The van der Waals surface area contributed by atoms with Gasteiger partial charge in [-0.05, 0) is 33.9 Å². The van der Waals surface area contributed by atoms with Gasteiger partial charge in [0.1, 0.15) is 0 Å². The summed E-state index contributed by atoms with van der Waals surface area (Å²) in [6.45, 7) is 2.22. The lowest BCUT2D eigenvalue weighted by Gasteiger charge is -2.32. The van der Waals surface area contributed by atoms with Crippen molar-refractivity contribution in [3.05, 3.63) is 0 Å². The minimum Gasteiger partial charge on any atom is -0.387 e. The van der Waals surface area contributed by atoms with Crippen molar-refractivity contribution in [2.24, 2.45) is 5.41 Å². The molecule has 1 aliphatic carbocycles. The molecule has 1 N–H and O–H groups in total. The molecule has 1 saturated carbocycles. The van der Waals surface area contributed by atoms with E-state index in [9.17, 15) is 14.7 Å². The van der Waals surface area contributed by atoms with Gasteiger partial charge in [0, 0.05) is 13.0 Å². The number of hydrogen-bond acceptors (Lipinski definition) is 4. The second-order valence-electron chi connectivity index (χ2n) is 7.39. The van der Waals surface area contributed by atoms with E-state index in [4.69, 9.17) is 0 Å². The van der Waals surface area contributed by atoms with Crippen LogP contribution in [0.2, 0.25) is 0 Å². The molecule has 2 aliphatic rings. The van der Waals surface area contributed by atoms with Crippen molar-refractivity contribution in [3.63, 3.8) is 0 Å². The summed E-state index contributed by atoms with van der Waals surface area (Å²) in [5, 5.41) is 10.4. The van der Waals surface area contributed by atoms with Crippen LogP contribution in [-0.2, 0) is 9.59 Å². The second-order valence-corrected chi connectivity index (χ2v) is 7.39. The first-order valence-corrected chi connectivity index (χ1v) is 7.98. The largest absolute Gasteiger partial charge is 0.387 e. The van der Waals surface area contributed by atoms with Gasteiger partial charge in [-0.25, -0.2) is 0 Å². The van der Waals surface area contributed by atoms with Crippen LogP contribution in [0.4, 0.5) is 0 Å². The fourth-order valence-electron chi connectivity index (χ4n) is 3.89. The highest BCUT2D eigenvalue weighted by Crippen LogP contribution is 2.44. The molecule has 1 unspecified atom stereocenters. The highest BCUT2D eigenvalue weighted by Gasteiger charge is 2.52. The van der Waals surface area contributed by atoms with Gasteiger partial charge in [-0.2, -0.15) is 0 Å². The van der Waals surface area contributed by atoms with E-state index in [2.05, 4.69) is 0 Å². The minimum absolute atomic E-state index is 0.0477. The summed E-state index contributed by atoms with van der Waals surface area (Å²) in [4.78, 5) is 28.3. The highest BCUT2D eigenvalue weighted by molar-refractivity contribution is 6.06. The summed E-state index contributed by atoms with van der Waals surface area (Å²) in [7, 11) is 3.74. The van der Waals surface area contributed by atoms with E-state index >= 15 is 0 Å². The number of nitrogens with zero attached hydrogens (tertiary/aromatic N) is 2. The Hall–Kier alpha value is -0.940. The Kier molecular flexibility index (Phi) is 4.73. The maximum Gasteiger partial charge on any atom is 0.236 e. The third kappa shape index (κ3) is 3.64. The molecule has 120 valence electrons. The Morgan fingerprint density at radius 2 is 1.76 bits per heavy atom. The SMILES string of the molecule is CN(C)CC(C)(O)CN1C(=O)CC2(CCCCCC2)C1=O. The second kappa shape index (κ2) is 6.05. The first-order chi connectivity index (χ1) is 9.76. The van der Waals surface area contributed by atoms with Gasteiger partial charge in [0.25, 0.3) is 0 Å². The first kappa shape index (κ1) is 16.4. The number of rotatable bonds is 4. The smallest absolute Gasteiger partial charge is 0.236 e. The lowest BCUT2D eigenvalue weighted by molar-refractivity contribution is -0.145. The molecule has 0 aromatic carbocycles. The van der Waals surface area contributed by atoms with E-state index in [-0.39, 0.29) is 18.4 Å². The number of hydrogen-bond donors (Lipinski definition) is 1. The van der Waals surface area contributed by atoms with Crippen LogP contribution in [0, 0.1) is 5.41 Å². The summed E-state index contributed by atoms with van der Waals surface area (Å²) in [5.74, 6) is -0.158. The van der Waals surface area contributed by atoms with E-state index in [1.165, 1.54) is 4.90 Å². The van der Waals surface area contributed by atoms with Gasteiger partial charge in [-0.3, -0.25) is 14.5 Å². The molecule has 1 saturated heterocycles. The van der Waals surface area contributed by atoms with Crippen LogP contribution < -0.4 is 0 Å². The molecule has 0 aromatic heterocycles. The summed E-state index contributed by atoms with van der Waals surface area (Å²) in [6, 6.07) is 0. The normalized spacial score (nSPS) is 25.5. The Labute approximate surface area is 127 Å². The predicted molar refractivity (Wildman–Crippen MR) is 80.6 cm³/mol. The molecule has 5 heteroatoms. The number of aliphatic hydroxyl groups is 1. The average molecular weight is 296 g/mol. The summed E-state index contributed by atoms with van der Waals surface area (Å²) in [5.41, 5.74) is -1.53. The van der Waals surface area contributed by atoms with Gasteiger partial charge >= 0.3 is 0 Å². The molecule has 0 aromatic rings. The summed E-state index contributed by atoms with van der Waals surface area (Å²) >= 11 is 0. The number of likely N-dealkylation sites (N-methyl/N-ethyl adjacent to an activating group) is 1. The zero-order chi connectivity index (χ0) is 15.7. The third-order valence-corrected chi connectivity index (χ3v) is 4.71. The van der Waals surface area contributed by atoms with Gasteiger partial charge in [-0.15, -0.1) is 0 Å². The van der Waals surface area contributed by atoms with Crippen molar-refractivity contribution in [1.29, 1.82) is 0 Å². The number of amides is 2. The van der Waals surface area contributed by atoms with Crippen molar-refractivity contribution < 1.29 is 14.7 Å². The van der Waals surface area contributed by atoms with E-state index in [0.717, 1.165) is 38.5 Å². The standard InChI is InChI=1S/C16H28N2O3/c1-15(21,11-17(2)3)12-18-13(19)10-16(14(18)20)8-6-4-5-7-9-16/h21H,4-12H2,1-3H3. The molecule has 2 rings (SSSR count). The van der Waals surface area contributed by atoms with Crippen LogP contribution in [0.3, 0.4) is 0 Å². The molecule has 2 fully saturated rings. The quantitative estimate of drug-likeness (QED) is 0.797. The van der Waals surface area contributed by atoms with Crippen LogP contribution in [-0.4, -0.2) is 59.5 Å². The lowest BCUT2D eigenvalue weighted by atomic mass is 9.79. The van der Waals surface area contributed by atoms with Gasteiger partial charge < -0.3 is 10.0 Å². The number of carbonyl (C=O) groups is 2. The van der Waals surface area contributed by atoms with Crippen LogP contribution in [0.15, 0.2) is 0 Å². The monoisotopic (exact) mass is 296 g/mol. The molecule has 5 nitrogen and oxygen atoms in total. The van der Waals surface area contributed by atoms with E-state index < -0.39 is 11.0 Å². The number of imide groups is 1. The topological polar surface area (TPSA) is 60.9 Å². The highest BCUT2D eigenvalue weighted by atomic mass is 16.3. The zero-order valence-corrected chi connectivity index (χ0v) is 13.5. The van der Waals surface area contributed by atoms with Crippen LogP contribution >= 0.6 is 0 Å². The molecule has 2 amide bonds. The number of likely N-dealkylation sites (tertiary alicyclic amines) is 1. The van der Waals surface area contributed by atoms with Crippen molar-refractivity contribution >= 4 is 11.8 Å². The third-order valence-electron chi connectivity index (χ3n) is 4.71. The maximum atomic E-state index is 12.8. The fraction of sp³-hybridized carbons (Fsp3) is 0.875. The van der Waals surface area contributed by atoms with E-state index in [0.29, 0.717) is 13.0 Å². The minimum atomic E-state index is -1.06. The van der Waals surface area contributed by atoms with Gasteiger partial charge in [0.2, 0.25) is 11.8 Å². The molecule has 0 radical (unpaired) electrons. The molecular formula is C16H28N2O3. The van der Waals surface area contributed by atoms with Crippen molar-refractivity contribution in [2.45, 2.75) is 57.5 Å². The molecule has 1 atom stereocenters. The Balaban J connectivity index is 2.11.